The van der Waals surface area contributed by atoms with Crippen LogP contribution in [0.1, 0.15) is 15.9 Å². The first-order chi connectivity index (χ1) is 9.63. The van der Waals surface area contributed by atoms with E-state index in [9.17, 15) is 9.18 Å². The van der Waals surface area contributed by atoms with Crippen molar-refractivity contribution in [3.8, 4) is 11.5 Å². The summed E-state index contributed by atoms with van der Waals surface area (Å²) in [4.78, 5) is 10.8. The van der Waals surface area contributed by atoms with Crippen LogP contribution in [-0.2, 0) is 6.61 Å². The molecule has 0 spiro atoms. The molecule has 3 nitrogen and oxygen atoms in total. The minimum Gasteiger partial charge on any atom is -0.493 e. The first-order valence-corrected chi connectivity index (χ1v) is 6.63. The maximum atomic E-state index is 13.1. The largest absolute Gasteiger partial charge is 0.493 e. The molecule has 0 amide bonds. The second-order valence-electron chi connectivity index (χ2n) is 4.07. The van der Waals surface area contributed by atoms with Crippen LogP contribution in [0.3, 0.4) is 0 Å². The monoisotopic (exact) mass is 338 g/mol. The van der Waals surface area contributed by atoms with Gasteiger partial charge in [-0.25, -0.2) is 4.39 Å². The highest BCUT2D eigenvalue weighted by atomic mass is 79.9. The Morgan fingerprint density at radius 3 is 2.75 bits per heavy atom. The molecule has 0 radical (unpaired) electrons. The third-order valence-electron chi connectivity index (χ3n) is 2.66. The van der Waals surface area contributed by atoms with Gasteiger partial charge in [0.1, 0.15) is 18.7 Å². The van der Waals surface area contributed by atoms with Gasteiger partial charge in [0.2, 0.25) is 0 Å². The number of rotatable bonds is 5. The molecule has 0 bridgehead atoms. The van der Waals surface area contributed by atoms with Gasteiger partial charge in [0.15, 0.2) is 11.5 Å². The molecule has 104 valence electrons. The van der Waals surface area contributed by atoms with Gasteiger partial charge in [0.25, 0.3) is 0 Å². The van der Waals surface area contributed by atoms with E-state index in [0.29, 0.717) is 27.1 Å². The molecule has 0 unspecified atom stereocenters. The van der Waals surface area contributed by atoms with Crippen LogP contribution >= 0.6 is 15.9 Å². The molecule has 2 aromatic carbocycles. The van der Waals surface area contributed by atoms with E-state index in [-0.39, 0.29) is 12.4 Å². The van der Waals surface area contributed by atoms with Crippen LogP contribution in [0.15, 0.2) is 40.9 Å². The standard InChI is InChI=1S/C15H12BrFO3/c1-19-14-7-11(8-18)6-13(16)15(14)20-9-10-3-2-4-12(17)5-10/h2-8H,9H2,1H3. The Bertz CT molecular complexity index is 629. The van der Waals surface area contributed by atoms with Gasteiger partial charge in [-0.2, -0.15) is 0 Å². The van der Waals surface area contributed by atoms with Crippen molar-refractivity contribution in [2.75, 3.05) is 7.11 Å². The fraction of sp³-hybridized carbons (Fsp3) is 0.133. The number of hydrogen-bond donors (Lipinski definition) is 0. The summed E-state index contributed by atoms with van der Waals surface area (Å²) >= 11 is 3.33. The molecule has 0 heterocycles. The number of aldehydes is 1. The number of benzene rings is 2. The Morgan fingerprint density at radius 1 is 1.30 bits per heavy atom. The lowest BCUT2D eigenvalue weighted by molar-refractivity contribution is 0.112. The molecule has 5 heteroatoms. The highest BCUT2D eigenvalue weighted by Gasteiger charge is 2.12. The molecule has 2 aromatic rings. The smallest absolute Gasteiger partial charge is 0.175 e. The predicted molar refractivity (Wildman–Crippen MR) is 76.8 cm³/mol. The predicted octanol–water partition coefficient (Wildman–Crippen LogP) is 3.99. The van der Waals surface area contributed by atoms with E-state index in [1.807, 2.05) is 0 Å². The molecule has 0 fully saturated rings. The van der Waals surface area contributed by atoms with Crippen molar-refractivity contribution in [3.05, 3.63) is 57.8 Å². The van der Waals surface area contributed by atoms with Crippen molar-refractivity contribution >= 4 is 22.2 Å². The second-order valence-corrected chi connectivity index (χ2v) is 4.92. The summed E-state index contributed by atoms with van der Waals surface area (Å²) in [7, 11) is 1.49. The lowest BCUT2D eigenvalue weighted by atomic mass is 10.2. The third-order valence-corrected chi connectivity index (χ3v) is 3.25. The highest BCUT2D eigenvalue weighted by molar-refractivity contribution is 9.10. The first-order valence-electron chi connectivity index (χ1n) is 5.84. The van der Waals surface area contributed by atoms with E-state index >= 15 is 0 Å². The molecule has 0 aliphatic rings. The van der Waals surface area contributed by atoms with Crippen LogP contribution in [0.2, 0.25) is 0 Å². The number of methoxy groups -OCH3 is 1. The summed E-state index contributed by atoms with van der Waals surface area (Å²) < 4.78 is 24.5. The number of carbonyl (C=O) groups is 1. The number of halogens is 2. The van der Waals surface area contributed by atoms with E-state index in [1.54, 1.807) is 24.3 Å². The number of hydrogen-bond acceptors (Lipinski definition) is 3. The van der Waals surface area contributed by atoms with Gasteiger partial charge in [-0.15, -0.1) is 0 Å². The molecule has 0 N–H and O–H groups in total. The van der Waals surface area contributed by atoms with Gasteiger partial charge in [-0.1, -0.05) is 12.1 Å². The number of carbonyl (C=O) groups excluding carboxylic acids is 1. The van der Waals surface area contributed by atoms with Gasteiger partial charge >= 0.3 is 0 Å². The highest BCUT2D eigenvalue weighted by Crippen LogP contribution is 2.36. The Labute approximate surface area is 124 Å². The van der Waals surface area contributed by atoms with Gasteiger partial charge < -0.3 is 9.47 Å². The first kappa shape index (κ1) is 14.5. The number of ether oxygens (including phenoxy) is 2. The molecule has 20 heavy (non-hydrogen) atoms. The van der Waals surface area contributed by atoms with Gasteiger partial charge in [-0.3, -0.25) is 4.79 Å². The second kappa shape index (κ2) is 6.52. The fourth-order valence-corrected chi connectivity index (χ4v) is 2.30. The van der Waals surface area contributed by atoms with Crippen LogP contribution in [-0.4, -0.2) is 13.4 Å². The van der Waals surface area contributed by atoms with Crippen molar-refractivity contribution in [2.45, 2.75) is 6.61 Å². The van der Waals surface area contributed by atoms with E-state index in [4.69, 9.17) is 9.47 Å². The van der Waals surface area contributed by atoms with Crippen LogP contribution in [0.5, 0.6) is 11.5 Å². The van der Waals surface area contributed by atoms with Crippen molar-refractivity contribution in [2.24, 2.45) is 0 Å². The normalized spacial score (nSPS) is 10.2. The SMILES string of the molecule is COc1cc(C=O)cc(Br)c1OCc1cccc(F)c1. The van der Waals surface area contributed by atoms with Gasteiger partial charge in [0.05, 0.1) is 11.6 Å². The van der Waals surface area contributed by atoms with E-state index in [0.717, 1.165) is 6.29 Å². The van der Waals surface area contributed by atoms with Crippen LogP contribution in [0, 0.1) is 5.82 Å². The summed E-state index contributed by atoms with van der Waals surface area (Å²) in [6.45, 7) is 0.202. The van der Waals surface area contributed by atoms with Crippen molar-refractivity contribution < 1.29 is 18.7 Å². The van der Waals surface area contributed by atoms with Crippen LogP contribution in [0.25, 0.3) is 0 Å². The van der Waals surface area contributed by atoms with Crippen molar-refractivity contribution in [3.63, 3.8) is 0 Å². The van der Waals surface area contributed by atoms with Crippen LogP contribution < -0.4 is 9.47 Å². The molecule has 0 aliphatic carbocycles. The Balaban J connectivity index is 2.22. The summed E-state index contributed by atoms with van der Waals surface area (Å²) in [5.74, 6) is 0.605. The zero-order chi connectivity index (χ0) is 14.5. The average Bonchev–Trinajstić information content (AvgIpc) is 2.45. The molecular formula is C15H12BrFO3. The molecule has 0 saturated carbocycles. The van der Waals surface area contributed by atoms with E-state index in [2.05, 4.69) is 15.9 Å². The maximum absolute atomic E-state index is 13.1. The van der Waals surface area contributed by atoms with E-state index in [1.165, 1.54) is 19.2 Å². The Kier molecular flexibility index (Phi) is 4.74. The molecule has 0 atom stereocenters. The maximum Gasteiger partial charge on any atom is 0.175 e. The summed E-state index contributed by atoms with van der Waals surface area (Å²) in [5.41, 5.74) is 1.19. The summed E-state index contributed by atoms with van der Waals surface area (Å²) in [6.07, 6.45) is 0.726. The molecule has 0 aromatic heterocycles. The molecular weight excluding hydrogens is 327 g/mol. The fourth-order valence-electron chi connectivity index (χ4n) is 1.73. The van der Waals surface area contributed by atoms with Crippen molar-refractivity contribution in [1.82, 2.24) is 0 Å². The summed E-state index contributed by atoms with van der Waals surface area (Å²) in [6, 6.07) is 9.38. The third kappa shape index (κ3) is 3.36. The lowest BCUT2D eigenvalue weighted by Gasteiger charge is -2.13. The minimum absolute atomic E-state index is 0.202. The molecule has 0 aliphatic heterocycles. The molecule has 2 rings (SSSR count). The minimum atomic E-state index is -0.312. The lowest BCUT2D eigenvalue weighted by Crippen LogP contribution is -2.00. The van der Waals surface area contributed by atoms with Crippen LogP contribution in [0.4, 0.5) is 4.39 Å². The topological polar surface area (TPSA) is 35.5 Å². The average molecular weight is 339 g/mol. The molecule has 0 saturated heterocycles. The summed E-state index contributed by atoms with van der Waals surface area (Å²) in [5, 5.41) is 0. The Hall–Kier alpha value is -1.88. The Morgan fingerprint density at radius 2 is 2.10 bits per heavy atom. The quantitative estimate of drug-likeness (QED) is 0.773. The zero-order valence-corrected chi connectivity index (χ0v) is 12.3. The van der Waals surface area contributed by atoms with Gasteiger partial charge in [-0.05, 0) is 45.8 Å². The zero-order valence-electron chi connectivity index (χ0n) is 10.7. The van der Waals surface area contributed by atoms with Gasteiger partial charge in [0, 0.05) is 5.56 Å². The van der Waals surface area contributed by atoms with Crippen molar-refractivity contribution in [1.29, 1.82) is 0 Å². The van der Waals surface area contributed by atoms with E-state index < -0.39 is 0 Å².